The molecule has 0 fully saturated rings. The third-order valence-corrected chi connectivity index (χ3v) is 15.7. The Balaban J connectivity index is 0.895. The number of benzene rings is 11. The quantitative estimate of drug-likeness (QED) is 0.161. The van der Waals surface area contributed by atoms with Crippen molar-refractivity contribution in [3.05, 3.63) is 282 Å². The van der Waals surface area contributed by atoms with Crippen LogP contribution in [-0.4, -0.2) is 0 Å². The van der Waals surface area contributed by atoms with Gasteiger partial charge in [-0.05, 0) is 153 Å². The summed E-state index contributed by atoms with van der Waals surface area (Å²) in [5.74, 6) is 0. The van der Waals surface area contributed by atoms with E-state index in [2.05, 4.69) is 267 Å². The lowest BCUT2D eigenvalue weighted by Crippen LogP contribution is -2.25. The van der Waals surface area contributed by atoms with Crippen molar-refractivity contribution in [2.45, 2.75) is 24.7 Å². The molecule has 1 spiro atoms. The largest absolute Gasteiger partial charge is 0.310 e. The van der Waals surface area contributed by atoms with Crippen LogP contribution in [0.3, 0.4) is 0 Å². The molecule has 0 amide bonds. The molecule has 0 radical (unpaired) electrons. The Hall–Kier alpha value is -8.52. The smallest absolute Gasteiger partial charge is 0.0725 e. The van der Waals surface area contributed by atoms with Crippen molar-refractivity contribution in [3.63, 3.8) is 0 Å². The molecule has 3 aliphatic carbocycles. The van der Waals surface area contributed by atoms with E-state index in [1.165, 1.54) is 111 Å². The third kappa shape index (κ3) is 5.71. The van der Waals surface area contributed by atoms with Gasteiger partial charge in [0.15, 0.2) is 0 Å². The van der Waals surface area contributed by atoms with Crippen LogP contribution in [0.4, 0.5) is 17.1 Å². The standard InChI is InChI=1S/C68H47N/c1-67(2)63-42-49(53-24-15-20-48-33-41-62-66(65(48)53)58-23-11-14-27-61(58)68(62)59-25-12-9-21-54(59)55-22-10-13-26-60(55)68)32-39-56(63)57-40-38-52(43-64(57)67)69(50-34-28-46(29-35-50)44-16-5-3-6-17-44)51-36-30-47(31-37-51)45-18-7-4-8-19-45/h3-43H,1-2H3. The summed E-state index contributed by atoms with van der Waals surface area (Å²) < 4.78 is 0. The van der Waals surface area contributed by atoms with Crippen LogP contribution < -0.4 is 4.90 Å². The predicted molar refractivity (Wildman–Crippen MR) is 289 cm³/mol. The highest BCUT2D eigenvalue weighted by Gasteiger charge is 2.52. The molecule has 324 valence electrons. The molecule has 0 aromatic heterocycles. The molecule has 69 heavy (non-hydrogen) atoms. The van der Waals surface area contributed by atoms with E-state index in [4.69, 9.17) is 0 Å². The van der Waals surface area contributed by atoms with Gasteiger partial charge < -0.3 is 4.90 Å². The summed E-state index contributed by atoms with van der Waals surface area (Å²) in [5.41, 5.74) is 26.2. The van der Waals surface area contributed by atoms with Gasteiger partial charge >= 0.3 is 0 Å². The fraction of sp³-hybridized carbons (Fsp3) is 0.0588. The highest BCUT2D eigenvalue weighted by atomic mass is 15.1. The van der Waals surface area contributed by atoms with E-state index in [1.54, 1.807) is 0 Å². The van der Waals surface area contributed by atoms with Crippen LogP contribution in [0.1, 0.15) is 47.2 Å². The van der Waals surface area contributed by atoms with Gasteiger partial charge in [-0.1, -0.05) is 220 Å². The number of nitrogens with zero attached hydrogens (tertiary/aromatic N) is 1. The Morgan fingerprint density at radius 1 is 0.275 bits per heavy atom. The van der Waals surface area contributed by atoms with E-state index < -0.39 is 0 Å². The summed E-state index contributed by atoms with van der Waals surface area (Å²) in [7, 11) is 0. The van der Waals surface area contributed by atoms with Gasteiger partial charge in [0, 0.05) is 22.5 Å². The van der Waals surface area contributed by atoms with E-state index >= 15 is 0 Å². The van der Waals surface area contributed by atoms with Crippen molar-refractivity contribution in [2.75, 3.05) is 4.90 Å². The summed E-state index contributed by atoms with van der Waals surface area (Å²) in [6.45, 7) is 4.82. The summed E-state index contributed by atoms with van der Waals surface area (Å²) in [6, 6.07) is 92.8. The van der Waals surface area contributed by atoms with Crippen LogP contribution in [0.2, 0.25) is 0 Å². The SMILES string of the molecule is CC1(C)c2cc(-c3cccc4ccc5c(c34)-c3ccccc3C53c4ccccc4-c4ccccc43)ccc2-c2ccc(N(c3ccc(-c4ccccc4)cc3)c3ccc(-c4ccccc4)cc3)cc21. The van der Waals surface area contributed by atoms with Gasteiger partial charge in [-0.15, -0.1) is 0 Å². The van der Waals surface area contributed by atoms with E-state index in [0.717, 1.165) is 17.1 Å². The van der Waals surface area contributed by atoms with Gasteiger partial charge in [-0.2, -0.15) is 0 Å². The first-order valence-electron chi connectivity index (χ1n) is 24.2. The van der Waals surface area contributed by atoms with Gasteiger partial charge in [-0.3, -0.25) is 0 Å². The molecule has 0 unspecified atom stereocenters. The Labute approximate surface area is 404 Å². The van der Waals surface area contributed by atoms with Crippen molar-refractivity contribution in [1.82, 2.24) is 0 Å². The molecule has 0 saturated carbocycles. The first kappa shape index (κ1) is 39.6. The minimum Gasteiger partial charge on any atom is -0.310 e. The molecule has 0 aliphatic heterocycles. The van der Waals surface area contributed by atoms with Crippen molar-refractivity contribution in [3.8, 4) is 66.8 Å². The Bertz CT molecular complexity index is 3710. The van der Waals surface area contributed by atoms with Gasteiger partial charge in [0.1, 0.15) is 0 Å². The lowest BCUT2D eigenvalue weighted by atomic mass is 9.70. The average Bonchev–Trinajstić information content (AvgIpc) is 3.97. The second-order valence-corrected chi connectivity index (χ2v) is 19.6. The Kier molecular flexibility index (Phi) is 8.61. The highest BCUT2D eigenvalue weighted by molar-refractivity contribution is 6.12. The molecule has 3 aliphatic rings. The summed E-state index contributed by atoms with van der Waals surface area (Å²) in [4.78, 5) is 2.41. The summed E-state index contributed by atoms with van der Waals surface area (Å²) >= 11 is 0. The van der Waals surface area contributed by atoms with Crippen LogP contribution in [0.25, 0.3) is 77.5 Å². The van der Waals surface area contributed by atoms with Gasteiger partial charge in [0.25, 0.3) is 0 Å². The zero-order valence-corrected chi connectivity index (χ0v) is 38.6. The van der Waals surface area contributed by atoms with Crippen LogP contribution in [0, 0.1) is 0 Å². The highest BCUT2D eigenvalue weighted by Crippen LogP contribution is 2.64. The molecule has 0 bridgehead atoms. The van der Waals surface area contributed by atoms with Crippen LogP contribution in [0.5, 0.6) is 0 Å². The number of hydrogen-bond donors (Lipinski definition) is 0. The van der Waals surface area contributed by atoms with Crippen LogP contribution in [-0.2, 0) is 10.8 Å². The molecule has 14 rings (SSSR count). The molecule has 1 nitrogen and oxygen atoms in total. The summed E-state index contributed by atoms with van der Waals surface area (Å²) in [5, 5.41) is 2.59. The number of anilines is 3. The molecule has 0 N–H and O–H groups in total. The zero-order valence-electron chi connectivity index (χ0n) is 38.6. The van der Waals surface area contributed by atoms with Crippen molar-refractivity contribution in [2.24, 2.45) is 0 Å². The molecule has 0 saturated heterocycles. The molecule has 11 aromatic rings. The topological polar surface area (TPSA) is 3.24 Å². The number of hydrogen-bond acceptors (Lipinski definition) is 1. The molecular formula is C68H47N. The molecule has 11 aromatic carbocycles. The van der Waals surface area contributed by atoms with Gasteiger partial charge in [0.2, 0.25) is 0 Å². The summed E-state index contributed by atoms with van der Waals surface area (Å²) in [6.07, 6.45) is 0. The van der Waals surface area contributed by atoms with E-state index in [1.807, 2.05) is 0 Å². The number of rotatable bonds is 6. The first-order valence-corrected chi connectivity index (χ1v) is 24.2. The maximum Gasteiger partial charge on any atom is 0.0725 e. The molecule has 1 heteroatoms. The Morgan fingerprint density at radius 3 is 1.30 bits per heavy atom. The molecular weight excluding hydrogens is 831 g/mol. The Morgan fingerprint density at radius 2 is 0.710 bits per heavy atom. The van der Waals surface area contributed by atoms with Crippen molar-refractivity contribution < 1.29 is 0 Å². The molecule has 0 atom stereocenters. The zero-order chi connectivity index (χ0) is 45.8. The van der Waals surface area contributed by atoms with Gasteiger partial charge in [0.05, 0.1) is 5.41 Å². The van der Waals surface area contributed by atoms with Gasteiger partial charge in [-0.25, -0.2) is 0 Å². The minimum atomic E-state index is -0.387. The second-order valence-electron chi connectivity index (χ2n) is 19.6. The lowest BCUT2D eigenvalue weighted by Gasteiger charge is -2.30. The second kappa shape index (κ2) is 15.0. The van der Waals surface area contributed by atoms with Crippen molar-refractivity contribution >= 4 is 27.8 Å². The lowest BCUT2D eigenvalue weighted by molar-refractivity contribution is 0.660. The maximum atomic E-state index is 2.50. The van der Waals surface area contributed by atoms with Crippen molar-refractivity contribution in [1.29, 1.82) is 0 Å². The minimum absolute atomic E-state index is 0.253. The van der Waals surface area contributed by atoms with Crippen LogP contribution in [0.15, 0.2) is 249 Å². The average molecular weight is 878 g/mol. The fourth-order valence-electron chi connectivity index (χ4n) is 12.5. The monoisotopic (exact) mass is 877 g/mol. The normalized spacial score (nSPS) is 13.9. The maximum absolute atomic E-state index is 2.50. The number of fused-ring (bicyclic) bond motifs is 15. The first-order chi connectivity index (χ1) is 34.0. The molecule has 0 heterocycles. The van der Waals surface area contributed by atoms with E-state index in [0.29, 0.717) is 0 Å². The predicted octanol–water partition coefficient (Wildman–Crippen LogP) is 18.0. The van der Waals surface area contributed by atoms with E-state index in [-0.39, 0.29) is 10.8 Å². The van der Waals surface area contributed by atoms with E-state index in [9.17, 15) is 0 Å². The fourth-order valence-corrected chi connectivity index (χ4v) is 12.5. The van der Waals surface area contributed by atoms with Crippen LogP contribution >= 0.6 is 0 Å². The third-order valence-electron chi connectivity index (χ3n) is 15.7.